The average Bonchev–Trinajstić information content (AvgIpc) is 3.38. The fourth-order valence-electron chi connectivity index (χ4n) is 3.64. The van der Waals surface area contributed by atoms with Crippen LogP contribution in [0, 0.1) is 11.0 Å². The summed E-state index contributed by atoms with van der Waals surface area (Å²) >= 11 is 2.09. The minimum Gasteiger partial charge on any atom is -0.381 e. The molecule has 4 heterocycles. The van der Waals surface area contributed by atoms with Crippen molar-refractivity contribution in [1.29, 1.82) is 0 Å². The van der Waals surface area contributed by atoms with Crippen LogP contribution in [-0.4, -0.2) is 44.1 Å². The molecule has 1 aliphatic heterocycles. The predicted molar refractivity (Wildman–Crippen MR) is 118 cm³/mol. The summed E-state index contributed by atoms with van der Waals surface area (Å²) in [5, 5.41) is 8.16. The molecule has 2 aliphatic rings. The second-order valence-electron chi connectivity index (χ2n) is 7.87. The molecule has 1 saturated heterocycles. The number of halogens is 1. The van der Waals surface area contributed by atoms with Crippen molar-refractivity contribution < 1.29 is 23.1 Å². The molecule has 1 saturated carbocycles. The lowest BCUT2D eigenvalue weighted by molar-refractivity contribution is -0.120. The Morgan fingerprint density at radius 1 is 1.28 bits per heavy atom. The van der Waals surface area contributed by atoms with E-state index in [1.165, 1.54) is 12.0 Å². The van der Waals surface area contributed by atoms with Gasteiger partial charge in [-0.05, 0) is 38.0 Å². The maximum atomic E-state index is 13.4. The summed E-state index contributed by atoms with van der Waals surface area (Å²) in [6, 6.07) is -0.624. The second kappa shape index (κ2) is 9.69. The summed E-state index contributed by atoms with van der Waals surface area (Å²) in [6.07, 6.45) is 10.5. The monoisotopic (exact) mass is 479 g/mol. The predicted octanol–water partition coefficient (Wildman–Crippen LogP) is 4.14. The van der Waals surface area contributed by atoms with Crippen molar-refractivity contribution in [3.05, 3.63) is 29.9 Å². The van der Waals surface area contributed by atoms with E-state index in [-0.39, 0.29) is 11.0 Å². The maximum absolute atomic E-state index is 13.4. The van der Waals surface area contributed by atoms with Crippen LogP contribution in [0.5, 0.6) is 5.75 Å². The lowest BCUT2D eigenvalue weighted by Crippen LogP contribution is -2.30. The minimum absolute atomic E-state index is 0.216. The third-order valence-electron chi connectivity index (χ3n) is 5.51. The number of nitrogens with one attached hydrogen (secondary N) is 1. The Balaban J connectivity index is 1.40. The molecule has 1 amide bonds. The Bertz CT molecular complexity index is 1080. The minimum atomic E-state index is -0.624. The molecular formula is C20H22FN5O4S2. The van der Waals surface area contributed by atoms with Crippen molar-refractivity contribution in [2.24, 2.45) is 5.92 Å². The molecule has 0 spiro atoms. The van der Waals surface area contributed by atoms with Gasteiger partial charge in [-0.1, -0.05) is 11.3 Å². The smallest absolute Gasteiger partial charge is 0.251 e. The zero-order valence-electron chi connectivity index (χ0n) is 17.1. The molecule has 0 aromatic carbocycles. The zero-order chi connectivity index (χ0) is 21.9. The van der Waals surface area contributed by atoms with E-state index < -0.39 is 11.2 Å². The number of nitrogens with zero attached hydrogens (tertiary/aromatic N) is 4. The number of rotatable bonds is 9. The zero-order valence-corrected chi connectivity index (χ0v) is 18.7. The highest BCUT2D eigenvalue weighted by atomic mass is 32.2. The average molecular weight is 480 g/mol. The van der Waals surface area contributed by atoms with Gasteiger partial charge in [0.25, 0.3) is 5.91 Å². The fraction of sp³-hybridized carbons (Fsp3) is 0.500. The van der Waals surface area contributed by atoms with E-state index in [0.717, 1.165) is 43.2 Å². The molecule has 9 nitrogen and oxygen atoms in total. The number of ether oxygens (including phenoxy) is 1. The second-order valence-corrected chi connectivity index (χ2v) is 9.85. The third-order valence-corrected chi connectivity index (χ3v) is 7.11. The van der Waals surface area contributed by atoms with E-state index in [1.807, 2.05) is 0 Å². The molecular weight excluding hydrogens is 457 g/mol. The van der Waals surface area contributed by atoms with Crippen molar-refractivity contribution in [3.63, 3.8) is 0 Å². The van der Waals surface area contributed by atoms with Crippen molar-refractivity contribution in [1.82, 2.24) is 19.7 Å². The largest absolute Gasteiger partial charge is 0.381 e. The first kappa shape index (κ1) is 21.6. The van der Waals surface area contributed by atoms with Crippen LogP contribution in [0.3, 0.4) is 0 Å². The quantitative estimate of drug-likeness (QED) is 0.278. The van der Waals surface area contributed by atoms with Crippen LogP contribution in [0.1, 0.15) is 38.1 Å². The highest BCUT2D eigenvalue weighted by Gasteiger charge is 2.29. The van der Waals surface area contributed by atoms with Crippen LogP contribution < -0.4 is 10.2 Å². The first-order valence-electron chi connectivity index (χ1n) is 10.5. The van der Waals surface area contributed by atoms with Crippen LogP contribution in [0.4, 0.5) is 9.52 Å². The fourth-order valence-corrected chi connectivity index (χ4v) is 4.74. The standard InChI is InChI=1S/C20H22FN5O4S2/c21-18-11-23-20(31-18)25-19(27)15(7-12-3-5-28-6-4-12)26-16-9-22-10-17(14(16)8-24-26)29-30-32-13-1-2-13/h8-13,15H,1-7H2,(H,23,25,27)/t15-/m1/s1. The molecule has 12 heteroatoms. The lowest BCUT2D eigenvalue weighted by Gasteiger charge is -2.26. The summed E-state index contributed by atoms with van der Waals surface area (Å²) in [4.78, 5) is 26.8. The van der Waals surface area contributed by atoms with Gasteiger partial charge in [0.2, 0.25) is 0 Å². The first-order valence-corrected chi connectivity index (χ1v) is 12.1. The van der Waals surface area contributed by atoms with Gasteiger partial charge in [-0.2, -0.15) is 9.49 Å². The molecule has 2 fully saturated rings. The summed E-state index contributed by atoms with van der Waals surface area (Å²) in [5.74, 6) is 0.439. The molecule has 1 atom stereocenters. The normalized spacial score (nSPS) is 18.0. The lowest BCUT2D eigenvalue weighted by atomic mass is 9.92. The van der Waals surface area contributed by atoms with Crippen molar-refractivity contribution in [2.75, 3.05) is 18.5 Å². The number of amides is 1. The van der Waals surface area contributed by atoms with Crippen LogP contribution in [0.25, 0.3) is 10.9 Å². The molecule has 3 aromatic rings. The first-order chi connectivity index (χ1) is 15.7. The van der Waals surface area contributed by atoms with E-state index in [2.05, 4.69) is 20.4 Å². The van der Waals surface area contributed by atoms with Crippen molar-refractivity contribution in [2.45, 2.75) is 43.4 Å². The van der Waals surface area contributed by atoms with Gasteiger partial charge in [0, 0.05) is 30.5 Å². The summed E-state index contributed by atoms with van der Waals surface area (Å²) < 4.78 is 25.8. The van der Waals surface area contributed by atoms with Gasteiger partial charge in [0.05, 0.1) is 35.7 Å². The van der Waals surface area contributed by atoms with Crippen LogP contribution >= 0.6 is 23.4 Å². The molecule has 5 rings (SSSR count). The Kier molecular flexibility index (Phi) is 6.53. The molecule has 32 heavy (non-hydrogen) atoms. The number of fused-ring (bicyclic) bond motifs is 1. The van der Waals surface area contributed by atoms with Gasteiger partial charge in [0.15, 0.2) is 16.0 Å². The summed E-state index contributed by atoms with van der Waals surface area (Å²) in [5.41, 5.74) is 0.653. The van der Waals surface area contributed by atoms with Crippen molar-refractivity contribution >= 4 is 45.3 Å². The number of anilines is 1. The molecule has 0 unspecified atom stereocenters. The summed E-state index contributed by atoms with van der Waals surface area (Å²) in [7, 11) is 0. The molecule has 0 bridgehead atoms. The van der Waals surface area contributed by atoms with Crippen LogP contribution in [0.15, 0.2) is 24.8 Å². The van der Waals surface area contributed by atoms with Crippen LogP contribution in [0.2, 0.25) is 0 Å². The van der Waals surface area contributed by atoms with Gasteiger partial charge in [-0.3, -0.25) is 14.5 Å². The van der Waals surface area contributed by atoms with E-state index in [1.54, 1.807) is 23.3 Å². The highest BCUT2D eigenvalue weighted by molar-refractivity contribution is 7.95. The molecule has 0 radical (unpaired) electrons. The number of hydrogen-bond acceptors (Lipinski definition) is 9. The molecule has 170 valence electrons. The van der Waals surface area contributed by atoms with Gasteiger partial charge in [-0.25, -0.2) is 4.98 Å². The van der Waals surface area contributed by atoms with Gasteiger partial charge >= 0.3 is 0 Å². The third kappa shape index (κ3) is 5.03. The van der Waals surface area contributed by atoms with Gasteiger partial charge in [-0.15, -0.1) is 4.33 Å². The number of hydrogen-bond donors (Lipinski definition) is 1. The molecule has 3 aromatic heterocycles. The van der Waals surface area contributed by atoms with E-state index >= 15 is 0 Å². The SMILES string of the molecule is O=C(Nc1ncc(F)s1)[C@@H](CC1CCOCC1)n1ncc2c(OOSC3CC3)cncc21. The number of aromatic nitrogens is 4. The van der Waals surface area contributed by atoms with E-state index in [4.69, 9.17) is 14.0 Å². The number of pyridine rings is 1. The maximum Gasteiger partial charge on any atom is 0.251 e. The van der Waals surface area contributed by atoms with Gasteiger partial charge < -0.3 is 14.9 Å². The Hall–Kier alpha value is -2.28. The Labute approximate surface area is 191 Å². The molecule has 1 aliphatic carbocycles. The summed E-state index contributed by atoms with van der Waals surface area (Å²) in [6.45, 7) is 1.35. The van der Waals surface area contributed by atoms with E-state index in [0.29, 0.717) is 47.5 Å². The number of carbonyl (C=O) groups is 1. The molecule has 1 N–H and O–H groups in total. The highest BCUT2D eigenvalue weighted by Crippen LogP contribution is 2.36. The Morgan fingerprint density at radius 2 is 2.12 bits per heavy atom. The van der Waals surface area contributed by atoms with Crippen molar-refractivity contribution in [3.8, 4) is 5.75 Å². The number of carbonyl (C=O) groups excluding carboxylic acids is 1. The Morgan fingerprint density at radius 3 is 2.88 bits per heavy atom. The van der Waals surface area contributed by atoms with E-state index in [9.17, 15) is 9.18 Å². The topological polar surface area (TPSA) is 100 Å². The number of thiazole rings is 1. The van der Waals surface area contributed by atoms with Gasteiger partial charge in [0.1, 0.15) is 6.04 Å². The van der Waals surface area contributed by atoms with Crippen LogP contribution in [-0.2, 0) is 13.9 Å².